The zero-order valence-electron chi connectivity index (χ0n) is 12.5. The fourth-order valence-electron chi connectivity index (χ4n) is 2.58. The van der Waals surface area contributed by atoms with E-state index in [1.807, 2.05) is 0 Å². The molecule has 3 rings (SSSR count). The Hall–Kier alpha value is -2.18. The maximum atomic E-state index is 12.5. The molecule has 0 unspecified atom stereocenters. The highest BCUT2D eigenvalue weighted by Crippen LogP contribution is 2.17. The Balaban J connectivity index is 1.79. The van der Waals surface area contributed by atoms with E-state index in [2.05, 4.69) is 11.5 Å². The predicted octanol–water partition coefficient (Wildman–Crippen LogP) is 1.20. The number of oxazole rings is 1. The Morgan fingerprint density at radius 3 is 2.77 bits per heavy atom. The zero-order valence-corrected chi connectivity index (χ0v) is 12.5. The second kappa shape index (κ2) is 5.90. The molecule has 1 fully saturated rings. The van der Waals surface area contributed by atoms with Gasteiger partial charge in [0.2, 0.25) is 0 Å². The summed E-state index contributed by atoms with van der Waals surface area (Å²) < 4.78 is 11.8. The second-order valence-electron chi connectivity index (χ2n) is 5.43. The lowest BCUT2D eigenvalue weighted by Crippen LogP contribution is -2.38. The Morgan fingerprint density at radius 1 is 1.32 bits per heavy atom. The van der Waals surface area contributed by atoms with Gasteiger partial charge in [-0.1, -0.05) is 6.58 Å². The van der Waals surface area contributed by atoms with Crippen molar-refractivity contribution in [3.8, 4) is 0 Å². The van der Waals surface area contributed by atoms with E-state index in [1.54, 1.807) is 25.2 Å². The van der Waals surface area contributed by atoms with E-state index in [0.717, 1.165) is 13.1 Å². The molecule has 0 N–H and O–H groups in total. The quantitative estimate of drug-likeness (QED) is 0.627. The first-order valence-corrected chi connectivity index (χ1v) is 7.18. The summed E-state index contributed by atoms with van der Waals surface area (Å²) in [6, 6.07) is 5.02. The number of hydrogen-bond acceptors (Lipinski definition) is 5. The number of ether oxygens (including phenoxy) is 1. The molecule has 1 aliphatic rings. The first-order valence-electron chi connectivity index (χ1n) is 7.18. The summed E-state index contributed by atoms with van der Waals surface area (Å²) in [5, 5.41) is 0. The lowest BCUT2D eigenvalue weighted by atomic mass is 10.0. The Labute approximate surface area is 127 Å². The Bertz CT molecular complexity index is 781. The number of nitrogens with zero attached hydrogens (tertiary/aromatic N) is 2. The number of aryl methyl sites for hydroxylation is 1. The van der Waals surface area contributed by atoms with Crippen LogP contribution in [0.5, 0.6) is 0 Å². The SMILES string of the molecule is C=C(CN1CCOCC1)C(=O)c1ccc2c(c1)oc(=O)n2C. The van der Waals surface area contributed by atoms with Gasteiger partial charge in [0.25, 0.3) is 0 Å². The summed E-state index contributed by atoms with van der Waals surface area (Å²) in [6.07, 6.45) is 0. The van der Waals surface area contributed by atoms with Crippen molar-refractivity contribution >= 4 is 16.9 Å². The molecule has 22 heavy (non-hydrogen) atoms. The van der Waals surface area contributed by atoms with Crippen molar-refractivity contribution in [2.45, 2.75) is 0 Å². The monoisotopic (exact) mass is 302 g/mol. The lowest BCUT2D eigenvalue weighted by Gasteiger charge is -2.26. The fourth-order valence-corrected chi connectivity index (χ4v) is 2.58. The second-order valence-corrected chi connectivity index (χ2v) is 5.43. The maximum Gasteiger partial charge on any atom is 0.419 e. The number of carbonyl (C=O) groups is 1. The third-order valence-electron chi connectivity index (χ3n) is 3.89. The Kier molecular flexibility index (Phi) is 3.96. The van der Waals surface area contributed by atoms with E-state index in [1.165, 1.54) is 4.57 Å². The van der Waals surface area contributed by atoms with Gasteiger partial charge < -0.3 is 9.15 Å². The number of ketones is 1. The van der Waals surface area contributed by atoms with E-state index in [-0.39, 0.29) is 5.78 Å². The largest absolute Gasteiger partial charge is 0.419 e. The third kappa shape index (κ3) is 2.75. The van der Waals surface area contributed by atoms with Crippen molar-refractivity contribution < 1.29 is 13.9 Å². The number of benzene rings is 1. The number of morpholine rings is 1. The van der Waals surface area contributed by atoms with Crippen molar-refractivity contribution in [1.29, 1.82) is 0 Å². The van der Waals surface area contributed by atoms with Crippen LogP contribution in [0.2, 0.25) is 0 Å². The van der Waals surface area contributed by atoms with Gasteiger partial charge in [0.1, 0.15) is 0 Å². The molecule has 1 aliphatic heterocycles. The highest BCUT2D eigenvalue weighted by atomic mass is 16.5. The van der Waals surface area contributed by atoms with Crippen molar-refractivity contribution in [1.82, 2.24) is 9.47 Å². The van der Waals surface area contributed by atoms with E-state index in [9.17, 15) is 9.59 Å². The van der Waals surface area contributed by atoms with Crippen LogP contribution in [-0.4, -0.2) is 48.1 Å². The molecule has 1 saturated heterocycles. The van der Waals surface area contributed by atoms with Crippen molar-refractivity contribution in [2.75, 3.05) is 32.8 Å². The number of fused-ring (bicyclic) bond motifs is 1. The van der Waals surface area contributed by atoms with Crippen molar-refractivity contribution in [3.05, 3.63) is 46.5 Å². The van der Waals surface area contributed by atoms with Gasteiger partial charge in [-0.15, -0.1) is 0 Å². The van der Waals surface area contributed by atoms with Gasteiger partial charge in [-0.3, -0.25) is 14.3 Å². The molecule has 0 spiro atoms. The van der Waals surface area contributed by atoms with Crippen molar-refractivity contribution in [2.24, 2.45) is 7.05 Å². The summed E-state index contributed by atoms with van der Waals surface area (Å²) in [6.45, 7) is 7.40. The van der Waals surface area contributed by atoms with E-state index >= 15 is 0 Å². The molecule has 0 atom stereocenters. The molecule has 116 valence electrons. The minimum absolute atomic E-state index is 0.125. The normalized spacial score (nSPS) is 16.0. The van der Waals surface area contributed by atoms with Crippen LogP contribution >= 0.6 is 0 Å². The van der Waals surface area contributed by atoms with E-state index in [4.69, 9.17) is 9.15 Å². The number of carbonyl (C=O) groups excluding carboxylic acids is 1. The van der Waals surface area contributed by atoms with Gasteiger partial charge in [-0.05, 0) is 18.2 Å². The molecule has 6 heteroatoms. The summed E-state index contributed by atoms with van der Waals surface area (Å²) in [4.78, 5) is 26.1. The molecule has 0 saturated carbocycles. The molecule has 6 nitrogen and oxygen atoms in total. The topological polar surface area (TPSA) is 64.7 Å². The first-order chi connectivity index (χ1) is 10.6. The summed E-state index contributed by atoms with van der Waals surface area (Å²) in [5.74, 6) is -0.563. The number of rotatable bonds is 4. The number of Topliss-reactive ketones (excluding diaryl/α,β-unsaturated/α-hetero) is 1. The van der Waals surface area contributed by atoms with Crippen LogP contribution in [0.15, 0.2) is 39.6 Å². The molecule has 1 aromatic carbocycles. The number of aromatic nitrogens is 1. The standard InChI is InChI=1S/C16H18N2O4/c1-11(10-18-5-7-21-8-6-18)15(19)12-3-4-13-14(9-12)22-16(20)17(13)2/h3-4,9H,1,5-8,10H2,2H3. The minimum atomic E-state index is -0.438. The molecule has 0 aliphatic carbocycles. The van der Waals surface area contributed by atoms with Crippen LogP contribution in [0.1, 0.15) is 10.4 Å². The van der Waals surface area contributed by atoms with E-state index in [0.29, 0.717) is 42.0 Å². The van der Waals surface area contributed by atoms with Gasteiger partial charge >= 0.3 is 5.76 Å². The molecule has 0 amide bonds. The van der Waals surface area contributed by atoms with Gasteiger partial charge in [-0.2, -0.15) is 0 Å². The lowest BCUT2D eigenvalue weighted by molar-refractivity contribution is 0.0418. The average Bonchev–Trinajstić information content (AvgIpc) is 2.81. The van der Waals surface area contributed by atoms with Crippen LogP contribution in [-0.2, 0) is 11.8 Å². The van der Waals surface area contributed by atoms with Gasteiger partial charge in [0.05, 0.1) is 18.7 Å². The molecular formula is C16H18N2O4. The average molecular weight is 302 g/mol. The van der Waals surface area contributed by atoms with Crippen molar-refractivity contribution in [3.63, 3.8) is 0 Å². The summed E-state index contributed by atoms with van der Waals surface area (Å²) >= 11 is 0. The number of hydrogen-bond donors (Lipinski definition) is 0. The predicted molar refractivity (Wildman–Crippen MR) is 82.2 cm³/mol. The first kappa shape index (κ1) is 14.7. The smallest absolute Gasteiger partial charge is 0.408 e. The van der Waals surface area contributed by atoms with Gasteiger partial charge in [-0.25, -0.2) is 4.79 Å². The van der Waals surface area contributed by atoms with Crippen LogP contribution in [0, 0.1) is 0 Å². The fraction of sp³-hybridized carbons (Fsp3) is 0.375. The van der Waals surface area contributed by atoms with Crippen LogP contribution < -0.4 is 5.76 Å². The molecule has 0 radical (unpaired) electrons. The van der Waals surface area contributed by atoms with E-state index < -0.39 is 5.76 Å². The molecule has 2 heterocycles. The molecular weight excluding hydrogens is 284 g/mol. The van der Waals surface area contributed by atoms with Gasteiger partial charge in [0, 0.05) is 37.8 Å². The maximum absolute atomic E-state index is 12.5. The Morgan fingerprint density at radius 2 is 2.05 bits per heavy atom. The summed E-state index contributed by atoms with van der Waals surface area (Å²) in [5.41, 5.74) is 2.09. The van der Waals surface area contributed by atoms with Crippen LogP contribution in [0.4, 0.5) is 0 Å². The van der Waals surface area contributed by atoms with Crippen LogP contribution in [0.3, 0.4) is 0 Å². The minimum Gasteiger partial charge on any atom is -0.408 e. The third-order valence-corrected chi connectivity index (χ3v) is 3.89. The highest BCUT2D eigenvalue weighted by molar-refractivity contribution is 6.09. The van der Waals surface area contributed by atoms with Crippen LogP contribution in [0.25, 0.3) is 11.1 Å². The highest BCUT2D eigenvalue weighted by Gasteiger charge is 2.17. The summed E-state index contributed by atoms with van der Waals surface area (Å²) in [7, 11) is 1.63. The van der Waals surface area contributed by atoms with Gasteiger partial charge in [0.15, 0.2) is 11.4 Å². The molecule has 1 aromatic heterocycles. The zero-order chi connectivity index (χ0) is 15.7. The molecule has 2 aromatic rings. The molecule has 0 bridgehead atoms.